The van der Waals surface area contributed by atoms with Gasteiger partial charge in [0.1, 0.15) is 41.6 Å². The molecule has 51 heavy (non-hydrogen) atoms. The third-order valence-electron chi connectivity index (χ3n) is 8.34. The van der Waals surface area contributed by atoms with Gasteiger partial charge in [-0.05, 0) is 55.7 Å². The molecule has 0 spiro atoms. The molecular weight excluding hydrogens is 695 g/mol. The first-order valence-electron chi connectivity index (χ1n) is 15.8. The summed E-state index contributed by atoms with van der Waals surface area (Å²) in [5.74, 6) is -4.74. The number of hydrazine groups is 1. The molecule has 4 heterocycles. The molecule has 3 aromatic heterocycles. The maximum absolute atomic E-state index is 15.8. The maximum atomic E-state index is 15.8. The number of H-pyrrole nitrogens is 1. The van der Waals surface area contributed by atoms with E-state index in [2.05, 4.69) is 15.1 Å². The van der Waals surface area contributed by atoms with Crippen LogP contribution in [0, 0.1) is 18.6 Å². The molecule has 1 saturated heterocycles. The summed E-state index contributed by atoms with van der Waals surface area (Å²) in [6.45, 7) is 1.98. The number of carbonyl (C=O) groups excluding carboxylic acids is 1. The number of carboxylic acid groups (broad SMARTS) is 1. The van der Waals surface area contributed by atoms with Crippen LogP contribution in [0.1, 0.15) is 46.1 Å². The van der Waals surface area contributed by atoms with E-state index in [4.69, 9.17) is 14.0 Å². The number of aromatic amines is 1. The van der Waals surface area contributed by atoms with Crippen LogP contribution in [0.4, 0.5) is 18.9 Å². The molecule has 0 aliphatic carbocycles. The molecule has 6 rings (SSSR count). The Morgan fingerprint density at radius 2 is 1.90 bits per heavy atom. The third-order valence-corrected chi connectivity index (χ3v) is 9.12. The van der Waals surface area contributed by atoms with Crippen molar-refractivity contribution in [1.82, 2.24) is 20.1 Å². The quantitative estimate of drug-likeness (QED) is 0.0756. The number of nitrogens with one attached hydrogen (secondary N) is 1. The zero-order valence-electron chi connectivity index (χ0n) is 27.1. The number of hydrogen-bond donors (Lipinski definition) is 3. The van der Waals surface area contributed by atoms with Crippen molar-refractivity contribution in [3.63, 3.8) is 0 Å². The van der Waals surface area contributed by atoms with Gasteiger partial charge < -0.3 is 24.1 Å². The zero-order chi connectivity index (χ0) is 36.2. The topological polar surface area (TPSA) is 168 Å². The van der Waals surface area contributed by atoms with Crippen LogP contribution in [0.3, 0.4) is 0 Å². The number of fused-ring (bicyclic) bond motifs is 1. The molecule has 0 amide bonds. The van der Waals surface area contributed by atoms with Gasteiger partial charge >= 0.3 is 5.97 Å². The van der Waals surface area contributed by atoms with Crippen molar-refractivity contribution in [3.8, 4) is 16.9 Å². The highest BCUT2D eigenvalue weighted by molar-refractivity contribution is 7.73. The van der Waals surface area contributed by atoms with Gasteiger partial charge in [-0.25, -0.2) is 31.6 Å². The summed E-state index contributed by atoms with van der Waals surface area (Å²) < 4.78 is 85.8. The Balaban J connectivity index is 1.12. The van der Waals surface area contributed by atoms with E-state index in [-0.39, 0.29) is 68.1 Å². The molecule has 13 nitrogen and oxygen atoms in total. The molecule has 1 aliphatic heterocycles. The van der Waals surface area contributed by atoms with Crippen molar-refractivity contribution >= 4 is 39.4 Å². The lowest BCUT2D eigenvalue weighted by atomic mass is 9.99. The average molecular weight is 728 g/mol. The van der Waals surface area contributed by atoms with E-state index in [0.29, 0.717) is 27.0 Å². The number of carbonyl (C=O) groups is 2. The molecule has 2 N–H and O–H groups in total. The number of carboxylic acids is 1. The standard InChI is InChI=1S/C34H32F3N5O8S/c1-19-14-29(50-40-19)24(34(44)45)9-11-48-12-13-49-23-4-2-20(3-5-23)21-15-25-26(17-39-33(25)38-16-21)32(43)30-27(36)6-7-28(31(30)37)42(51(46)47)41-10-8-22(35)18-41/h2-7,14-17,22,24,51H,8-13,18H2,1H3,(H,38,39)(H,44,45)/t22-,24?/m1/s1. The first kappa shape index (κ1) is 35.6. The molecular formula is C34H32F3N5O8S. The minimum atomic E-state index is -3.49. The summed E-state index contributed by atoms with van der Waals surface area (Å²) >= 11 is 0. The van der Waals surface area contributed by atoms with Gasteiger partial charge in [0.2, 0.25) is 16.7 Å². The number of thiol groups is 1. The highest BCUT2D eigenvalue weighted by atomic mass is 32.2. The minimum Gasteiger partial charge on any atom is -0.491 e. The first-order chi connectivity index (χ1) is 24.5. The number of aryl methyl sites for hydroxylation is 1. The number of nitrogens with zero attached hydrogens (tertiary/aromatic N) is 4. The van der Waals surface area contributed by atoms with Gasteiger partial charge in [-0.15, -0.1) is 0 Å². The van der Waals surface area contributed by atoms with Crippen LogP contribution in [0.2, 0.25) is 0 Å². The second-order valence-electron chi connectivity index (χ2n) is 11.8. The number of aliphatic carboxylic acids is 1. The fraction of sp³-hybridized carbons (Fsp3) is 0.294. The lowest BCUT2D eigenvalue weighted by Crippen LogP contribution is -2.41. The number of benzene rings is 2. The van der Waals surface area contributed by atoms with Crippen molar-refractivity contribution in [3.05, 3.63) is 95.1 Å². The van der Waals surface area contributed by atoms with Crippen molar-refractivity contribution < 1.29 is 50.3 Å². The Morgan fingerprint density at radius 3 is 2.57 bits per heavy atom. The fourth-order valence-corrected chi connectivity index (χ4v) is 6.50. The van der Waals surface area contributed by atoms with Crippen molar-refractivity contribution in [2.75, 3.05) is 37.3 Å². The number of anilines is 1. The Hall–Kier alpha value is -5.26. The van der Waals surface area contributed by atoms with Crippen LogP contribution in [0.5, 0.6) is 5.75 Å². The minimum absolute atomic E-state index is 0.00854. The third kappa shape index (κ3) is 7.74. The van der Waals surface area contributed by atoms with E-state index < -0.39 is 57.6 Å². The van der Waals surface area contributed by atoms with E-state index in [1.165, 1.54) is 6.20 Å². The highest BCUT2D eigenvalue weighted by Crippen LogP contribution is 2.32. The van der Waals surface area contributed by atoms with Gasteiger partial charge in [0, 0.05) is 48.1 Å². The summed E-state index contributed by atoms with van der Waals surface area (Å²) in [7, 11) is -3.49. The lowest BCUT2D eigenvalue weighted by Gasteiger charge is -2.28. The van der Waals surface area contributed by atoms with Gasteiger partial charge in [0.15, 0.2) is 11.6 Å². The van der Waals surface area contributed by atoms with Crippen molar-refractivity contribution in [2.45, 2.75) is 31.9 Å². The average Bonchev–Trinajstić information content (AvgIpc) is 3.85. The number of ether oxygens (including phenoxy) is 2. The van der Waals surface area contributed by atoms with E-state index in [1.807, 2.05) is 0 Å². The first-order valence-corrected chi connectivity index (χ1v) is 16.9. The highest BCUT2D eigenvalue weighted by Gasteiger charge is 2.33. The molecule has 5 aromatic rings. The number of aromatic nitrogens is 3. The summed E-state index contributed by atoms with van der Waals surface area (Å²) in [4.78, 5) is 32.4. The van der Waals surface area contributed by atoms with Crippen LogP contribution >= 0.6 is 0 Å². The number of hydrogen-bond acceptors (Lipinski definition) is 10. The number of pyridine rings is 1. The normalized spacial score (nSPS) is 15.4. The summed E-state index contributed by atoms with van der Waals surface area (Å²) in [6.07, 6.45) is 1.74. The largest absolute Gasteiger partial charge is 0.491 e. The summed E-state index contributed by atoms with van der Waals surface area (Å²) in [6, 6.07) is 11.8. The van der Waals surface area contributed by atoms with Crippen LogP contribution in [0.25, 0.3) is 22.2 Å². The number of rotatable bonds is 15. The molecule has 0 saturated carbocycles. The Bertz CT molecular complexity index is 2130. The molecule has 1 aliphatic rings. The van der Waals surface area contributed by atoms with Crippen LogP contribution in [0.15, 0.2) is 65.4 Å². The molecule has 17 heteroatoms. The van der Waals surface area contributed by atoms with Crippen LogP contribution in [-0.2, 0) is 20.4 Å². The lowest BCUT2D eigenvalue weighted by molar-refractivity contribution is -0.139. The summed E-state index contributed by atoms with van der Waals surface area (Å²) in [5, 5.41) is 14.6. The van der Waals surface area contributed by atoms with Gasteiger partial charge in [0.25, 0.3) is 0 Å². The smallest absolute Gasteiger partial charge is 0.314 e. The second-order valence-corrected chi connectivity index (χ2v) is 12.6. The zero-order valence-corrected chi connectivity index (χ0v) is 27.9. The van der Waals surface area contributed by atoms with E-state index >= 15 is 8.78 Å². The fourth-order valence-electron chi connectivity index (χ4n) is 5.80. The Kier molecular flexibility index (Phi) is 10.7. The van der Waals surface area contributed by atoms with E-state index in [1.54, 1.807) is 49.5 Å². The molecule has 0 radical (unpaired) electrons. The van der Waals surface area contributed by atoms with Gasteiger partial charge in [-0.2, -0.15) is 4.41 Å². The number of ketones is 1. The van der Waals surface area contributed by atoms with Crippen LogP contribution in [-0.4, -0.2) is 84.5 Å². The van der Waals surface area contributed by atoms with E-state index in [9.17, 15) is 27.5 Å². The molecule has 0 bridgehead atoms. The van der Waals surface area contributed by atoms with Crippen LogP contribution < -0.4 is 9.15 Å². The maximum Gasteiger partial charge on any atom is 0.314 e. The van der Waals surface area contributed by atoms with Gasteiger partial charge in [-0.1, -0.05) is 17.3 Å². The predicted octanol–water partition coefficient (Wildman–Crippen LogP) is 4.98. The number of alkyl halides is 1. The Morgan fingerprint density at radius 1 is 1.12 bits per heavy atom. The molecule has 1 fully saturated rings. The van der Waals surface area contributed by atoms with Crippen molar-refractivity contribution in [2.24, 2.45) is 0 Å². The van der Waals surface area contributed by atoms with Crippen molar-refractivity contribution in [1.29, 1.82) is 0 Å². The van der Waals surface area contributed by atoms with Gasteiger partial charge in [-0.3, -0.25) is 9.59 Å². The molecule has 2 atom stereocenters. The molecule has 1 unspecified atom stereocenters. The predicted molar refractivity (Wildman–Crippen MR) is 178 cm³/mol. The Labute approximate surface area is 290 Å². The van der Waals surface area contributed by atoms with Gasteiger partial charge in [0.05, 0.1) is 24.4 Å². The monoisotopic (exact) mass is 727 g/mol. The SMILES string of the molecule is Cc1cc(C(CCOCCOc2ccc(-c3cnc4[nH]cc(C(=O)c5c(F)ccc(N(N6CC[C@@H](F)C6)[SH](=O)=O)c5F)c4c3)cc2)C(=O)O)on1. The molecule has 268 valence electrons. The van der Waals surface area contributed by atoms with E-state index in [0.717, 1.165) is 17.1 Å². The summed E-state index contributed by atoms with van der Waals surface area (Å²) in [5.41, 5.74) is 0.494. The second kappa shape index (κ2) is 15.3. The molecule has 2 aromatic carbocycles. The number of halogens is 3.